The predicted octanol–water partition coefficient (Wildman–Crippen LogP) is 2.61. The lowest BCUT2D eigenvalue weighted by Gasteiger charge is -2.29. The minimum absolute atomic E-state index is 0.0412. The average Bonchev–Trinajstić information content (AvgIpc) is 2.92. The number of hydrogen-bond acceptors (Lipinski definition) is 5. The van der Waals surface area contributed by atoms with Crippen LogP contribution in [0.1, 0.15) is 71.7 Å². The van der Waals surface area contributed by atoms with Gasteiger partial charge < -0.3 is 10.1 Å². The summed E-state index contributed by atoms with van der Waals surface area (Å²) in [5.74, 6) is -1.02. The van der Waals surface area contributed by atoms with Crippen molar-refractivity contribution in [1.82, 2.24) is 10.2 Å². The van der Waals surface area contributed by atoms with Gasteiger partial charge in [-0.05, 0) is 44.2 Å². The van der Waals surface area contributed by atoms with Gasteiger partial charge >= 0.3 is 5.97 Å². The second-order valence-electron chi connectivity index (χ2n) is 8.01. The van der Waals surface area contributed by atoms with Crippen LogP contribution in [0.5, 0.6) is 0 Å². The maximum Gasteiger partial charge on any atom is 0.306 e. The summed E-state index contributed by atoms with van der Waals surface area (Å²) in [6, 6.07) is 5.30. The molecule has 0 aromatic heterocycles. The van der Waals surface area contributed by atoms with Crippen LogP contribution in [-0.4, -0.2) is 47.8 Å². The van der Waals surface area contributed by atoms with Gasteiger partial charge in [-0.25, -0.2) is 0 Å². The number of amides is 3. The van der Waals surface area contributed by atoms with E-state index in [1.54, 1.807) is 18.2 Å². The summed E-state index contributed by atoms with van der Waals surface area (Å²) in [4.78, 5) is 49.8. The first-order valence-electron chi connectivity index (χ1n) is 10.3. The van der Waals surface area contributed by atoms with E-state index in [0.717, 1.165) is 29.7 Å². The van der Waals surface area contributed by atoms with Crippen LogP contribution >= 0.6 is 0 Å². The Bertz CT molecular complexity index is 819. The van der Waals surface area contributed by atoms with Crippen molar-refractivity contribution in [2.75, 3.05) is 13.2 Å². The Morgan fingerprint density at radius 2 is 1.86 bits per heavy atom. The number of esters is 1. The molecule has 1 aromatic carbocycles. The molecule has 1 saturated carbocycles. The summed E-state index contributed by atoms with van der Waals surface area (Å²) in [7, 11) is 0. The summed E-state index contributed by atoms with van der Waals surface area (Å²) in [5, 5.41) is 2.94. The van der Waals surface area contributed by atoms with Gasteiger partial charge in [-0.15, -0.1) is 0 Å². The number of carbonyl (C=O) groups is 4. The first kappa shape index (κ1) is 21.0. The zero-order valence-corrected chi connectivity index (χ0v) is 17.0. The van der Waals surface area contributed by atoms with Crippen LogP contribution in [0.15, 0.2) is 18.2 Å². The van der Waals surface area contributed by atoms with E-state index >= 15 is 0 Å². The molecule has 1 fully saturated rings. The zero-order chi connectivity index (χ0) is 21.0. The molecule has 1 aromatic rings. The van der Waals surface area contributed by atoms with Gasteiger partial charge in [0.1, 0.15) is 0 Å². The summed E-state index contributed by atoms with van der Waals surface area (Å²) in [5.41, 5.74) is 1.72. The highest BCUT2D eigenvalue weighted by Gasteiger charge is 2.35. The smallest absolute Gasteiger partial charge is 0.306 e. The third-order valence-electron chi connectivity index (χ3n) is 5.71. The highest BCUT2D eigenvalue weighted by molar-refractivity contribution is 6.21. The number of ether oxygens (including phenoxy) is 1. The van der Waals surface area contributed by atoms with Crippen LogP contribution in [0, 0.1) is 12.8 Å². The summed E-state index contributed by atoms with van der Waals surface area (Å²) in [6.45, 7) is 3.83. The molecular weight excluding hydrogens is 372 g/mol. The zero-order valence-electron chi connectivity index (χ0n) is 17.0. The van der Waals surface area contributed by atoms with E-state index < -0.39 is 5.97 Å². The second-order valence-corrected chi connectivity index (χ2v) is 8.01. The normalized spacial score (nSPS) is 21.1. The average molecular weight is 400 g/mol. The van der Waals surface area contributed by atoms with Crippen molar-refractivity contribution < 1.29 is 23.9 Å². The van der Waals surface area contributed by atoms with Crippen molar-refractivity contribution in [2.45, 2.75) is 58.4 Å². The molecule has 2 aliphatic rings. The van der Waals surface area contributed by atoms with Crippen LogP contribution in [0.4, 0.5) is 0 Å². The van der Waals surface area contributed by atoms with Gasteiger partial charge in [-0.2, -0.15) is 0 Å². The van der Waals surface area contributed by atoms with E-state index in [1.807, 2.05) is 6.92 Å². The molecule has 0 saturated heterocycles. The van der Waals surface area contributed by atoms with Crippen molar-refractivity contribution in [3.63, 3.8) is 0 Å². The Morgan fingerprint density at radius 3 is 2.62 bits per heavy atom. The molecule has 7 nitrogen and oxygen atoms in total. The standard InChI is InChI=1S/C22H28N2O5/c1-14-9-10-16-17(12-14)22(28)24(21(16)27)11-5-8-20(26)29-13-19(25)23-18-7-4-3-6-15(18)2/h9-10,12,15,18H,3-8,11,13H2,1-2H3,(H,23,25). The molecule has 3 amide bonds. The number of imide groups is 1. The first-order chi connectivity index (χ1) is 13.9. The molecule has 1 aliphatic carbocycles. The molecule has 3 rings (SSSR count). The molecular formula is C22H28N2O5. The molecule has 0 spiro atoms. The number of nitrogens with one attached hydrogen (secondary N) is 1. The third kappa shape index (κ3) is 5.02. The van der Waals surface area contributed by atoms with Crippen molar-refractivity contribution in [1.29, 1.82) is 0 Å². The van der Waals surface area contributed by atoms with Crippen molar-refractivity contribution in [2.24, 2.45) is 5.92 Å². The number of nitrogens with zero attached hydrogens (tertiary/aromatic N) is 1. The molecule has 0 bridgehead atoms. The molecule has 2 unspecified atom stereocenters. The summed E-state index contributed by atoms with van der Waals surface area (Å²) >= 11 is 0. The fraction of sp³-hybridized carbons (Fsp3) is 0.545. The molecule has 7 heteroatoms. The fourth-order valence-corrected chi connectivity index (χ4v) is 3.99. The lowest BCUT2D eigenvalue weighted by atomic mass is 9.86. The van der Waals surface area contributed by atoms with Gasteiger partial charge in [0.2, 0.25) is 0 Å². The van der Waals surface area contributed by atoms with Gasteiger partial charge in [0.15, 0.2) is 6.61 Å². The minimum Gasteiger partial charge on any atom is -0.456 e. The van der Waals surface area contributed by atoms with E-state index in [-0.39, 0.29) is 43.3 Å². The number of fused-ring (bicyclic) bond motifs is 1. The van der Waals surface area contributed by atoms with Gasteiger partial charge in [0.25, 0.3) is 17.7 Å². The Morgan fingerprint density at radius 1 is 1.14 bits per heavy atom. The number of carbonyl (C=O) groups excluding carboxylic acids is 4. The fourth-order valence-electron chi connectivity index (χ4n) is 3.99. The Kier molecular flexibility index (Phi) is 6.67. The van der Waals surface area contributed by atoms with Crippen molar-refractivity contribution >= 4 is 23.7 Å². The summed E-state index contributed by atoms with van der Waals surface area (Å²) in [6.07, 6.45) is 4.69. The first-order valence-corrected chi connectivity index (χ1v) is 10.3. The number of rotatable bonds is 7. The van der Waals surface area contributed by atoms with Crippen LogP contribution in [-0.2, 0) is 14.3 Å². The molecule has 0 radical (unpaired) electrons. The Balaban J connectivity index is 1.38. The van der Waals surface area contributed by atoms with E-state index in [2.05, 4.69) is 12.2 Å². The predicted molar refractivity (Wildman–Crippen MR) is 106 cm³/mol. The third-order valence-corrected chi connectivity index (χ3v) is 5.71. The molecule has 29 heavy (non-hydrogen) atoms. The quantitative estimate of drug-likeness (QED) is 0.561. The molecule has 1 aliphatic heterocycles. The largest absolute Gasteiger partial charge is 0.456 e. The lowest BCUT2D eigenvalue weighted by molar-refractivity contribution is -0.149. The van der Waals surface area contributed by atoms with E-state index in [0.29, 0.717) is 23.5 Å². The monoisotopic (exact) mass is 400 g/mol. The SMILES string of the molecule is Cc1ccc2c(c1)C(=O)N(CCCC(=O)OCC(=O)NC1CCCCC1C)C2=O. The van der Waals surface area contributed by atoms with E-state index in [4.69, 9.17) is 4.74 Å². The number of aryl methyl sites for hydroxylation is 1. The summed E-state index contributed by atoms with van der Waals surface area (Å²) < 4.78 is 5.04. The van der Waals surface area contributed by atoms with Gasteiger partial charge in [-0.3, -0.25) is 24.1 Å². The van der Waals surface area contributed by atoms with Crippen LogP contribution in [0.25, 0.3) is 0 Å². The lowest BCUT2D eigenvalue weighted by Crippen LogP contribution is -2.42. The van der Waals surface area contributed by atoms with Crippen molar-refractivity contribution in [3.8, 4) is 0 Å². The van der Waals surface area contributed by atoms with Crippen LogP contribution in [0.3, 0.4) is 0 Å². The van der Waals surface area contributed by atoms with E-state index in [1.165, 1.54) is 6.42 Å². The molecule has 156 valence electrons. The molecule has 1 heterocycles. The second kappa shape index (κ2) is 9.20. The van der Waals surface area contributed by atoms with Crippen LogP contribution < -0.4 is 5.32 Å². The Labute approximate surface area is 170 Å². The maximum absolute atomic E-state index is 12.4. The van der Waals surface area contributed by atoms with E-state index in [9.17, 15) is 19.2 Å². The topological polar surface area (TPSA) is 92.8 Å². The Hall–Kier alpha value is -2.70. The highest BCUT2D eigenvalue weighted by atomic mass is 16.5. The maximum atomic E-state index is 12.4. The molecule has 2 atom stereocenters. The highest BCUT2D eigenvalue weighted by Crippen LogP contribution is 2.25. The van der Waals surface area contributed by atoms with Gasteiger partial charge in [0, 0.05) is 19.0 Å². The van der Waals surface area contributed by atoms with Gasteiger partial charge in [-0.1, -0.05) is 31.4 Å². The number of benzene rings is 1. The van der Waals surface area contributed by atoms with Crippen LogP contribution in [0.2, 0.25) is 0 Å². The minimum atomic E-state index is -0.510. The number of hydrogen-bond donors (Lipinski definition) is 1. The van der Waals surface area contributed by atoms with Gasteiger partial charge in [0.05, 0.1) is 11.1 Å². The molecule has 1 N–H and O–H groups in total. The van der Waals surface area contributed by atoms with Crippen molar-refractivity contribution in [3.05, 3.63) is 34.9 Å².